The van der Waals surface area contributed by atoms with E-state index in [0.717, 1.165) is 29.0 Å². The number of hydrogen-bond acceptors (Lipinski definition) is 4. The fourth-order valence-corrected chi connectivity index (χ4v) is 5.50. The predicted molar refractivity (Wildman–Crippen MR) is 157 cm³/mol. The van der Waals surface area contributed by atoms with Gasteiger partial charge in [0.25, 0.3) is 0 Å². The van der Waals surface area contributed by atoms with Gasteiger partial charge >= 0.3 is 0 Å². The Morgan fingerprint density at radius 3 is 2.33 bits per heavy atom. The van der Waals surface area contributed by atoms with Crippen molar-refractivity contribution in [3.63, 3.8) is 0 Å². The molecule has 3 rings (SSSR count). The van der Waals surface area contributed by atoms with Crippen LogP contribution in [0.3, 0.4) is 0 Å². The molecule has 1 N–H and O–H groups in total. The molecule has 0 radical (unpaired) electrons. The van der Waals surface area contributed by atoms with Gasteiger partial charge in [0.05, 0.1) is 11.9 Å². The van der Waals surface area contributed by atoms with Crippen LogP contribution in [0.25, 0.3) is 0 Å². The molecular formula is C30H35ClFN3O4S. The van der Waals surface area contributed by atoms with Gasteiger partial charge in [0, 0.05) is 30.1 Å². The summed E-state index contributed by atoms with van der Waals surface area (Å²) in [5, 5.41) is 3.32. The number of unbranched alkanes of at least 4 members (excludes halogenated alkanes) is 1. The molecule has 3 aromatic rings. The molecule has 0 saturated carbocycles. The van der Waals surface area contributed by atoms with E-state index in [-0.39, 0.29) is 24.2 Å². The molecule has 10 heteroatoms. The van der Waals surface area contributed by atoms with Crippen molar-refractivity contribution in [3.8, 4) is 0 Å². The third kappa shape index (κ3) is 8.53. The summed E-state index contributed by atoms with van der Waals surface area (Å²) in [6.07, 6.45) is 2.79. The Morgan fingerprint density at radius 1 is 1.02 bits per heavy atom. The van der Waals surface area contributed by atoms with Gasteiger partial charge in [-0.2, -0.15) is 0 Å². The summed E-state index contributed by atoms with van der Waals surface area (Å²) in [6, 6.07) is 18.9. The first-order chi connectivity index (χ1) is 19.0. The van der Waals surface area contributed by atoms with Gasteiger partial charge in [-0.25, -0.2) is 12.8 Å². The highest BCUT2D eigenvalue weighted by molar-refractivity contribution is 7.92. The molecule has 2 amide bonds. The largest absolute Gasteiger partial charge is 0.354 e. The minimum atomic E-state index is -3.92. The lowest BCUT2D eigenvalue weighted by Gasteiger charge is -2.34. The van der Waals surface area contributed by atoms with Crippen LogP contribution in [-0.2, 0) is 32.6 Å². The monoisotopic (exact) mass is 587 g/mol. The van der Waals surface area contributed by atoms with E-state index in [1.807, 2.05) is 37.3 Å². The predicted octanol–water partition coefficient (Wildman–Crippen LogP) is 5.11. The van der Waals surface area contributed by atoms with Crippen LogP contribution in [0.2, 0.25) is 5.02 Å². The molecule has 0 heterocycles. The van der Waals surface area contributed by atoms with Crippen LogP contribution in [0, 0.1) is 12.7 Å². The van der Waals surface area contributed by atoms with Gasteiger partial charge < -0.3 is 10.2 Å². The van der Waals surface area contributed by atoms with E-state index < -0.39 is 40.2 Å². The maximum Gasteiger partial charge on any atom is 0.244 e. The molecule has 0 spiro atoms. The topological polar surface area (TPSA) is 86.8 Å². The quantitative estimate of drug-likeness (QED) is 0.282. The first kappa shape index (κ1) is 31.1. The normalized spacial score (nSPS) is 12.0. The fourth-order valence-electron chi connectivity index (χ4n) is 4.36. The minimum absolute atomic E-state index is 0.165. The first-order valence-corrected chi connectivity index (χ1v) is 15.3. The minimum Gasteiger partial charge on any atom is -0.354 e. The number of anilines is 1. The SMILES string of the molecule is CCCCNC(=O)[C@H](Cc1ccccc1)N(Cc1ccccc1F)C(=O)CN(c1ccc(Cl)cc1C)S(C)(=O)=O. The van der Waals surface area contributed by atoms with Crippen molar-refractivity contribution < 1.29 is 22.4 Å². The number of benzene rings is 3. The first-order valence-electron chi connectivity index (χ1n) is 13.1. The third-order valence-corrected chi connectivity index (χ3v) is 7.87. The summed E-state index contributed by atoms with van der Waals surface area (Å²) < 4.78 is 41.6. The number of hydrogen-bond donors (Lipinski definition) is 1. The van der Waals surface area contributed by atoms with Crippen LogP contribution in [0.4, 0.5) is 10.1 Å². The second-order valence-electron chi connectivity index (χ2n) is 9.66. The molecule has 1 atom stereocenters. The zero-order chi connectivity index (χ0) is 29.3. The molecular weight excluding hydrogens is 553 g/mol. The number of carbonyl (C=O) groups is 2. The Kier molecular flexibility index (Phi) is 11.1. The number of carbonyl (C=O) groups excluding carboxylic acids is 2. The van der Waals surface area contributed by atoms with Gasteiger partial charge in [-0.3, -0.25) is 13.9 Å². The second-order valence-corrected chi connectivity index (χ2v) is 12.0. The van der Waals surface area contributed by atoms with Crippen LogP contribution >= 0.6 is 11.6 Å². The standard InChI is InChI=1S/C30H35ClFN3O4S/c1-4-5-17-33-30(37)28(19-23-11-7-6-8-12-23)34(20-24-13-9-10-14-26(24)32)29(36)21-35(40(3,38)39)27-16-15-25(31)18-22(27)2/h6-16,18,28H,4-5,17,19-21H2,1-3H3,(H,33,37)/t28-/m0/s1. The molecule has 0 aromatic heterocycles. The van der Waals surface area contributed by atoms with Gasteiger partial charge in [0.15, 0.2) is 0 Å². The highest BCUT2D eigenvalue weighted by Gasteiger charge is 2.33. The average Bonchev–Trinajstić information content (AvgIpc) is 2.90. The maximum atomic E-state index is 14.8. The lowest BCUT2D eigenvalue weighted by atomic mass is 10.0. The van der Waals surface area contributed by atoms with Gasteiger partial charge in [-0.15, -0.1) is 0 Å². The zero-order valence-electron chi connectivity index (χ0n) is 22.9. The second kappa shape index (κ2) is 14.3. The van der Waals surface area contributed by atoms with Crippen molar-refractivity contribution in [3.05, 3.63) is 100 Å². The van der Waals surface area contributed by atoms with Crippen molar-refractivity contribution in [2.24, 2.45) is 0 Å². The smallest absolute Gasteiger partial charge is 0.244 e. The van der Waals surface area contributed by atoms with Crippen LogP contribution < -0.4 is 9.62 Å². The summed E-state index contributed by atoms with van der Waals surface area (Å²) in [7, 11) is -3.92. The Labute approximate surface area is 241 Å². The van der Waals surface area contributed by atoms with E-state index in [9.17, 15) is 22.4 Å². The molecule has 0 aliphatic heterocycles. The Bertz CT molecular complexity index is 1420. The van der Waals surface area contributed by atoms with Crippen LogP contribution in [0.1, 0.15) is 36.5 Å². The van der Waals surface area contributed by atoms with Crippen molar-refractivity contribution in [2.75, 3.05) is 23.7 Å². The van der Waals surface area contributed by atoms with Gasteiger partial charge in [0.2, 0.25) is 21.8 Å². The molecule has 0 saturated heterocycles. The summed E-state index contributed by atoms with van der Waals surface area (Å²) in [6.45, 7) is 3.31. The van der Waals surface area contributed by atoms with E-state index in [4.69, 9.17) is 11.6 Å². The van der Waals surface area contributed by atoms with E-state index in [1.165, 1.54) is 17.0 Å². The number of halogens is 2. The van der Waals surface area contributed by atoms with Crippen molar-refractivity contribution >= 4 is 39.1 Å². The highest BCUT2D eigenvalue weighted by Crippen LogP contribution is 2.26. The Balaban J connectivity index is 2.06. The van der Waals surface area contributed by atoms with Crippen molar-refractivity contribution in [1.29, 1.82) is 0 Å². The summed E-state index contributed by atoms with van der Waals surface area (Å²) in [5.41, 5.74) is 1.87. The number of sulfonamides is 1. The number of rotatable bonds is 13. The summed E-state index contributed by atoms with van der Waals surface area (Å²) >= 11 is 6.08. The van der Waals surface area contributed by atoms with Gasteiger partial charge in [0.1, 0.15) is 18.4 Å². The Hall–Kier alpha value is -3.43. The van der Waals surface area contributed by atoms with E-state index in [0.29, 0.717) is 17.1 Å². The van der Waals surface area contributed by atoms with Crippen molar-refractivity contribution in [1.82, 2.24) is 10.2 Å². The molecule has 40 heavy (non-hydrogen) atoms. The molecule has 0 fully saturated rings. The lowest BCUT2D eigenvalue weighted by Crippen LogP contribution is -2.53. The number of nitrogens with zero attached hydrogens (tertiary/aromatic N) is 2. The fraction of sp³-hybridized carbons (Fsp3) is 0.333. The van der Waals surface area contributed by atoms with E-state index in [2.05, 4.69) is 5.32 Å². The van der Waals surface area contributed by atoms with E-state index >= 15 is 0 Å². The Morgan fingerprint density at radius 2 is 1.70 bits per heavy atom. The van der Waals surface area contributed by atoms with Crippen LogP contribution in [0.15, 0.2) is 72.8 Å². The van der Waals surface area contributed by atoms with Crippen molar-refractivity contribution in [2.45, 2.75) is 45.7 Å². The highest BCUT2D eigenvalue weighted by atomic mass is 35.5. The maximum absolute atomic E-state index is 14.8. The number of aryl methyl sites for hydroxylation is 1. The summed E-state index contributed by atoms with van der Waals surface area (Å²) in [4.78, 5) is 28.8. The zero-order valence-corrected chi connectivity index (χ0v) is 24.5. The lowest BCUT2D eigenvalue weighted by molar-refractivity contribution is -0.140. The van der Waals surface area contributed by atoms with Gasteiger partial charge in [-0.05, 0) is 48.7 Å². The average molecular weight is 588 g/mol. The molecule has 0 aliphatic carbocycles. The van der Waals surface area contributed by atoms with Crippen LogP contribution in [-0.4, -0.2) is 50.5 Å². The van der Waals surface area contributed by atoms with E-state index in [1.54, 1.807) is 37.3 Å². The molecule has 0 bridgehead atoms. The van der Waals surface area contributed by atoms with Crippen LogP contribution in [0.5, 0.6) is 0 Å². The summed E-state index contributed by atoms with van der Waals surface area (Å²) in [5.74, 6) is -1.57. The molecule has 0 unspecified atom stereocenters. The molecule has 3 aromatic carbocycles. The number of nitrogens with one attached hydrogen (secondary N) is 1. The third-order valence-electron chi connectivity index (χ3n) is 6.51. The molecule has 0 aliphatic rings. The molecule has 214 valence electrons. The van der Waals surface area contributed by atoms with Gasteiger partial charge in [-0.1, -0.05) is 73.5 Å². The number of amides is 2. The molecule has 7 nitrogen and oxygen atoms in total.